The number of furan rings is 1. The summed E-state index contributed by atoms with van der Waals surface area (Å²) >= 11 is 0. The number of hydrogen-bond donors (Lipinski definition) is 0. The molecule has 9 aromatic carbocycles. The monoisotopic (exact) mass is 801 g/mol. The Morgan fingerprint density at radius 2 is 0.968 bits per heavy atom. The van der Waals surface area contributed by atoms with Gasteiger partial charge in [0.15, 0.2) is 5.58 Å². The molecule has 0 aliphatic heterocycles. The Hall–Kier alpha value is -8.34. The molecule has 0 unspecified atom stereocenters. The zero-order chi connectivity index (χ0) is 41.2. The molecule has 3 heterocycles. The highest BCUT2D eigenvalue weighted by molar-refractivity contribution is 6.22. The number of rotatable bonds is 4. The van der Waals surface area contributed by atoms with E-state index >= 15 is 0 Å². The van der Waals surface area contributed by atoms with Crippen molar-refractivity contribution in [1.29, 1.82) is 0 Å². The lowest BCUT2D eigenvalue weighted by Gasteiger charge is -2.30. The van der Waals surface area contributed by atoms with Gasteiger partial charge in [-0.3, -0.25) is 4.57 Å². The first kappa shape index (κ1) is 34.4. The third kappa shape index (κ3) is 4.69. The average Bonchev–Trinajstić information content (AvgIpc) is 4.10. The van der Waals surface area contributed by atoms with Gasteiger partial charge in [0, 0.05) is 28.0 Å². The van der Waals surface area contributed by atoms with Gasteiger partial charge < -0.3 is 4.42 Å². The molecule has 0 bridgehead atoms. The van der Waals surface area contributed by atoms with Crippen molar-refractivity contribution in [2.75, 3.05) is 0 Å². The van der Waals surface area contributed by atoms with E-state index in [2.05, 4.69) is 174 Å². The Morgan fingerprint density at radius 3 is 1.68 bits per heavy atom. The van der Waals surface area contributed by atoms with Gasteiger partial charge in [0.2, 0.25) is 5.95 Å². The minimum Gasteiger partial charge on any atom is -0.452 e. The van der Waals surface area contributed by atoms with Crippen molar-refractivity contribution in [3.8, 4) is 61.9 Å². The molecule has 0 saturated carbocycles. The fourth-order valence-electron chi connectivity index (χ4n) is 11.0. The standard InChI is InChI=1S/C59H35N3O/c1-3-16-37(17-4-1)54-35-51-57(63-54)56(38-18-5-2-6-19-38)61-58(60-51)62-52-31-29-39(33-46(52)55-41-20-8-7-15-36(41)28-32-53(55)62)40-27-30-45-44-23-11-14-26-49(44)59(50(45)34-40)47-24-12-9-21-42(47)43-22-10-13-25-48(43)59/h1-35H. The molecule has 0 fully saturated rings. The Bertz CT molecular complexity index is 3800. The van der Waals surface area contributed by atoms with Crippen molar-refractivity contribution in [3.63, 3.8) is 0 Å². The van der Waals surface area contributed by atoms with Crippen LogP contribution in [0.25, 0.3) is 106 Å². The van der Waals surface area contributed by atoms with E-state index < -0.39 is 5.41 Å². The predicted molar refractivity (Wildman–Crippen MR) is 256 cm³/mol. The van der Waals surface area contributed by atoms with E-state index in [4.69, 9.17) is 14.4 Å². The first-order valence-corrected chi connectivity index (χ1v) is 21.6. The predicted octanol–water partition coefficient (Wildman–Crippen LogP) is 14.8. The number of fused-ring (bicyclic) bond motifs is 16. The molecule has 0 saturated heterocycles. The molecule has 2 aliphatic carbocycles. The molecule has 14 rings (SSSR count). The van der Waals surface area contributed by atoms with Gasteiger partial charge in [0.25, 0.3) is 0 Å². The van der Waals surface area contributed by atoms with Gasteiger partial charge in [-0.25, -0.2) is 9.97 Å². The molecule has 0 radical (unpaired) electrons. The molecular weight excluding hydrogens is 767 g/mol. The van der Waals surface area contributed by atoms with Crippen LogP contribution in [-0.4, -0.2) is 14.5 Å². The highest BCUT2D eigenvalue weighted by atomic mass is 16.3. The fraction of sp³-hybridized carbons (Fsp3) is 0.0169. The first-order valence-electron chi connectivity index (χ1n) is 21.6. The van der Waals surface area contributed by atoms with Crippen LogP contribution in [0.2, 0.25) is 0 Å². The van der Waals surface area contributed by atoms with Gasteiger partial charge in [-0.15, -0.1) is 0 Å². The van der Waals surface area contributed by atoms with Crippen LogP contribution < -0.4 is 0 Å². The lowest BCUT2D eigenvalue weighted by molar-refractivity contribution is 0.630. The Labute approximate surface area is 363 Å². The van der Waals surface area contributed by atoms with Crippen LogP contribution in [0.15, 0.2) is 217 Å². The molecule has 63 heavy (non-hydrogen) atoms. The molecule has 0 atom stereocenters. The first-order chi connectivity index (χ1) is 31.2. The van der Waals surface area contributed by atoms with Crippen LogP contribution in [0.3, 0.4) is 0 Å². The zero-order valence-electron chi connectivity index (χ0n) is 34.0. The molecule has 3 aromatic heterocycles. The highest BCUT2D eigenvalue weighted by Crippen LogP contribution is 2.63. The van der Waals surface area contributed by atoms with E-state index in [-0.39, 0.29) is 0 Å². The van der Waals surface area contributed by atoms with Crippen molar-refractivity contribution in [2.24, 2.45) is 0 Å². The van der Waals surface area contributed by atoms with E-state index in [9.17, 15) is 0 Å². The molecule has 4 nitrogen and oxygen atoms in total. The Morgan fingerprint density at radius 1 is 0.397 bits per heavy atom. The van der Waals surface area contributed by atoms with Crippen molar-refractivity contribution in [2.45, 2.75) is 5.41 Å². The van der Waals surface area contributed by atoms with Gasteiger partial charge in [-0.2, -0.15) is 0 Å². The van der Waals surface area contributed by atoms with Crippen LogP contribution in [0.5, 0.6) is 0 Å². The lowest BCUT2D eigenvalue weighted by Crippen LogP contribution is -2.25. The van der Waals surface area contributed by atoms with Gasteiger partial charge in [-0.05, 0) is 90.7 Å². The molecule has 0 N–H and O–H groups in total. The van der Waals surface area contributed by atoms with Crippen LogP contribution in [-0.2, 0) is 5.41 Å². The summed E-state index contributed by atoms with van der Waals surface area (Å²) < 4.78 is 8.84. The van der Waals surface area contributed by atoms with Gasteiger partial charge in [-0.1, -0.05) is 182 Å². The SMILES string of the molecule is c1ccc(-c2cc3nc(-n4c5ccc(-c6ccc7c(c6)C6(c8ccccc8-c8ccccc86)c6ccccc6-7)cc5c5c6ccccc6ccc54)nc(-c4ccccc4)c3o2)cc1. The number of aromatic nitrogens is 3. The third-order valence-corrected chi connectivity index (χ3v) is 13.7. The Kier molecular flexibility index (Phi) is 7.01. The average molecular weight is 802 g/mol. The van der Waals surface area contributed by atoms with Crippen molar-refractivity contribution < 1.29 is 4.42 Å². The second-order valence-corrected chi connectivity index (χ2v) is 16.8. The molecule has 1 spiro atoms. The molecule has 292 valence electrons. The smallest absolute Gasteiger partial charge is 0.236 e. The van der Waals surface area contributed by atoms with Gasteiger partial charge in [0.1, 0.15) is 17.0 Å². The third-order valence-electron chi connectivity index (χ3n) is 13.7. The topological polar surface area (TPSA) is 43.9 Å². The van der Waals surface area contributed by atoms with E-state index in [1.807, 2.05) is 42.5 Å². The van der Waals surface area contributed by atoms with Crippen LogP contribution in [0.1, 0.15) is 22.3 Å². The minimum absolute atomic E-state index is 0.411. The summed E-state index contributed by atoms with van der Waals surface area (Å²) in [6.45, 7) is 0. The number of hydrogen-bond acceptors (Lipinski definition) is 3. The molecular formula is C59H35N3O. The number of benzene rings is 9. The van der Waals surface area contributed by atoms with Crippen molar-refractivity contribution in [1.82, 2.24) is 14.5 Å². The van der Waals surface area contributed by atoms with Gasteiger partial charge in [0.05, 0.1) is 16.4 Å². The maximum Gasteiger partial charge on any atom is 0.236 e. The second-order valence-electron chi connectivity index (χ2n) is 16.8. The summed E-state index contributed by atoms with van der Waals surface area (Å²) in [6.07, 6.45) is 0. The summed E-state index contributed by atoms with van der Waals surface area (Å²) in [5.74, 6) is 1.36. The number of nitrogens with zero attached hydrogens (tertiary/aromatic N) is 3. The maximum absolute atomic E-state index is 6.60. The largest absolute Gasteiger partial charge is 0.452 e. The van der Waals surface area contributed by atoms with Crippen molar-refractivity contribution >= 4 is 43.7 Å². The molecule has 12 aromatic rings. The van der Waals surface area contributed by atoms with Crippen molar-refractivity contribution in [3.05, 3.63) is 235 Å². The summed E-state index contributed by atoms with van der Waals surface area (Å²) in [5, 5.41) is 4.71. The summed E-state index contributed by atoms with van der Waals surface area (Å²) in [4.78, 5) is 10.7. The van der Waals surface area contributed by atoms with Crippen LogP contribution in [0.4, 0.5) is 0 Å². The van der Waals surface area contributed by atoms with Crippen LogP contribution >= 0.6 is 0 Å². The zero-order valence-corrected chi connectivity index (χ0v) is 34.0. The summed E-state index contributed by atoms with van der Waals surface area (Å²) in [7, 11) is 0. The molecule has 2 aliphatic rings. The van der Waals surface area contributed by atoms with Crippen LogP contribution in [0, 0.1) is 0 Å². The summed E-state index contributed by atoms with van der Waals surface area (Å²) in [5.41, 5.74) is 18.8. The minimum atomic E-state index is -0.411. The van der Waals surface area contributed by atoms with Gasteiger partial charge >= 0.3 is 0 Å². The van der Waals surface area contributed by atoms with E-state index in [0.717, 1.165) is 50.1 Å². The van der Waals surface area contributed by atoms with E-state index in [1.54, 1.807) is 0 Å². The maximum atomic E-state index is 6.60. The molecule has 0 amide bonds. The van der Waals surface area contributed by atoms with E-state index in [1.165, 1.54) is 66.2 Å². The summed E-state index contributed by atoms with van der Waals surface area (Å²) in [6, 6.07) is 76.7. The second kappa shape index (κ2) is 12.8. The highest BCUT2D eigenvalue weighted by Gasteiger charge is 2.51. The normalized spacial score (nSPS) is 13.2. The molecule has 4 heteroatoms. The lowest BCUT2D eigenvalue weighted by atomic mass is 9.70. The quantitative estimate of drug-likeness (QED) is 0.178. The van der Waals surface area contributed by atoms with E-state index in [0.29, 0.717) is 11.5 Å². The fourth-order valence-corrected chi connectivity index (χ4v) is 11.0. The Balaban J connectivity index is 1.01.